The first-order valence-electron chi connectivity index (χ1n) is 7.53. The number of nitrogens with zero attached hydrogens (tertiary/aromatic N) is 4. The average Bonchev–Trinajstić information content (AvgIpc) is 3.23. The number of rotatable bonds is 3. The first-order chi connectivity index (χ1) is 10.7. The van der Waals surface area contributed by atoms with E-state index >= 15 is 0 Å². The van der Waals surface area contributed by atoms with Crippen molar-refractivity contribution in [2.75, 3.05) is 24.5 Å². The third kappa shape index (κ3) is 2.39. The Bertz CT molecular complexity index is 658. The predicted molar refractivity (Wildman–Crippen MR) is 80.0 cm³/mol. The fourth-order valence-electron chi connectivity index (χ4n) is 3.64. The van der Waals surface area contributed by atoms with E-state index in [9.17, 15) is 4.79 Å². The zero-order chi connectivity index (χ0) is 15.0. The summed E-state index contributed by atoms with van der Waals surface area (Å²) in [6, 6.07) is 2.00. The quantitative estimate of drug-likeness (QED) is 0.863. The van der Waals surface area contributed by atoms with E-state index in [-0.39, 0.29) is 11.3 Å². The molecule has 6 nitrogen and oxygen atoms in total. The Morgan fingerprint density at radius 1 is 1.27 bits per heavy atom. The molecule has 2 aliphatic rings. The maximum absolute atomic E-state index is 12.4. The number of hydrogen-bond acceptors (Lipinski definition) is 5. The van der Waals surface area contributed by atoms with Gasteiger partial charge in [0.05, 0.1) is 30.6 Å². The molecule has 114 valence electrons. The zero-order valence-electron chi connectivity index (χ0n) is 12.3. The van der Waals surface area contributed by atoms with Crippen LogP contribution in [0.15, 0.2) is 41.7 Å². The van der Waals surface area contributed by atoms with Crippen molar-refractivity contribution in [3.63, 3.8) is 0 Å². The van der Waals surface area contributed by atoms with Gasteiger partial charge < -0.3 is 9.32 Å². The summed E-state index contributed by atoms with van der Waals surface area (Å²) in [4.78, 5) is 24.7. The molecule has 0 unspecified atom stereocenters. The number of hydrogen-bond donors (Lipinski definition) is 0. The molecule has 2 aromatic heterocycles. The number of carbonyl (C=O) groups is 1. The van der Waals surface area contributed by atoms with E-state index in [1.807, 2.05) is 11.0 Å². The number of likely N-dealkylation sites (tertiary alicyclic amines) is 1. The molecule has 1 spiro atoms. The van der Waals surface area contributed by atoms with Crippen LogP contribution in [0.4, 0.5) is 5.69 Å². The molecule has 0 aromatic carbocycles. The van der Waals surface area contributed by atoms with Gasteiger partial charge in [-0.2, -0.15) is 0 Å². The van der Waals surface area contributed by atoms with Crippen LogP contribution in [0.3, 0.4) is 0 Å². The van der Waals surface area contributed by atoms with Gasteiger partial charge in [0.25, 0.3) is 0 Å². The van der Waals surface area contributed by atoms with E-state index in [4.69, 9.17) is 4.42 Å². The lowest BCUT2D eigenvalue weighted by Crippen LogP contribution is -2.31. The summed E-state index contributed by atoms with van der Waals surface area (Å²) < 4.78 is 5.13. The molecule has 0 aliphatic carbocycles. The van der Waals surface area contributed by atoms with Crippen LogP contribution in [0.2, 0.25) is 0 Å². The van der Waals surface area contributed by atoms with Crippen molar-refractivity contribution in [2.45, 2.75) is 19.4 Å². The minimum atomic E-state index is 0.0661. The van der Waals surface area contributed by atoms with Gasteiger partial charge in [0.1, 0.15) is 6.33 Å². The van der Waals surface area contributed by atoms with Crippen LogP contribution in [0.1, 0.15) is 18.4 Å². The highest BCUT2D eigenvalue weighted by molar-refractivity contribution is 5.96. The monoisotopic (exact) mass is 298 g/mol. The minimum Gasteiger partial charge on any atom is -0.472 e. The maximum atomic E-state index is 12.4. The second-order valence-corrected chi connectivity index (χ2v) is 6.35. The van der Waals surface area contributed by atoms with Gasteiger partial charge in [-0.15, -0.1) is 0 Å². The summed E-state index contributed by atoms with van der Waals surface area (Å²) in [6.07, 6.45) is 10.1. The van der Waals surface area contributed by atoms with Crippen molar-refractivity contribution in [2.24, 2.45) is 5.41 Å². The molecule has 4 rings (SSSR count). The Labute approximate surface area is 128 Å². The van der Waals surface area contributed by atoms with Crippen LogP contribution in [0.5, 0.6) is 0 Å². The van der Waals surface area contributed by atoms with E-state index < -0.39 is 0 Å². The van der Waals surface area contributed by atoms with Gasteiger partial charge in [-0.05, 0) is 19.0 Å². The van der Waals surface area contributed by atoms with Crippen molar-refractivity contribution >= 4 is 11.6 Å². The van der Waals surface area contributed by atoms with Crippen molar-refractivity contribution in [3.05, 3.63) is 42.9 Å². The molecular formula is C16H18N4O2. The van der Waals surface area contributed by atoms with Crippen LogP contribution < -0.4 is 4.90 Å². The van der Waals surface area contributed by atoms with E-state index in [0.717, 1.165) is 38.3 Å². The lowest BCUT2D eigenvalue weighted by atomic mass is 9.86. The highest BCUT2D eigenvalue weighted by Gasteiger charge is 2.47. The molecule has 22 heavy (non-hydrogen) atoms. The van der Waals surface area contributed by atoms with Crippen molar-refractivity contribution in [1.29, 1.82) is 0 Å². The summed E-state index contributed by atoms with van der Waals surface area (Å²) in [6.45, 7) is 3.63. The van der Waals surface area contributed by atoms with Gasteiger partial charge in [-0.25, -0.2) is 9.97 Å². The molecule has 1 atom stereocenters. The zero-order valence-corrected chi connectivity index (χ0v) is 12.3. The Morgan fingerprint density at radius 3 is 2.91 bits per heavy atom. The number of aromatic nitrogens is 2. The normalized spacial score (nSPS) is 25.5. The number of carbonyl (C=O) groups excluding carboxylic acids is 1. The standard InChI is InChI=1S/C16H18N4O2/c21-15-5-16(11-20(15)14-6-17-12-18-7-14)2-3-19(10-16)8-13-1-4-22-9-13/h1,4,6-7,9,12H,2-3,5,8,10-11H2/t16-/m1/s1. The fraction of sp³-hybridized carbons (Fsp3) is 0.438. The lowest BCUT2D eigenvalue weighted by molar-refractivity contribution is -0.117. The Morgan fingerprint density at radius 2 is 2.14 bits per heavy atom. The topological polar surface area (TPSA) is 62.5 Å². The third-order valence-corrected chi connectivity index (χ3v) is 4.68. The summed E-state index contributed by atoms with van der Waals surface area (Å²) in [5, 5.41) is 0. The molecule has 6 heteroatoms. The summed E-state index contributed by atoms with van der Waals surface area (Å²) in [5.74, 6) is 0.181. The first-order valence-corrected chi connectivity index (χ1v) is 7.53. The molecule has 0 N–H and O–H groups in total. The molecular weight excluding hydrogens is 280 g/mol. The van der Waals surface area contributed by atoms with E-state index in [1.165, 1.54) is 11.9 Å². The second-order valence-electron chi connectivity index (χ2n) is 6.35. The van der Waals surface area contributed by atoms with Crippen molar-refractivity contribution in [3.8, 4) is 0 Å². The van der Waals surface area contributed by atoms with Gasteiger partial charge in [0.15, 0.2) is 0 Å². The van der Waals surface area contributed by atoms with Gasteiger partial charge in [0, 0.05) is 37.0 Å². The van der Waals surface area contributed by atoms with E-state index in [0.29, 0.717) is 6.42 Å². The van der Waals surface area contributed by atoms with Crippen LogP contribution in [-0.2, 0) is 11.3 Å². The SMILES string of the molecule is O=C1C[C@@]2(CCN(Cc3ccoc3)C2)CN1c1cncnc1. The van der Waals surface area contributed by atoms with Crippen LogP contribution in [0.25, 0.3) is 0 Å². The Kier molecular flexibility index (Phi) is 3.18. The number of furan rings is 1. The molecule has 4 heterocycles. The number of anilines is 1. The fourth-order valence-corrected chi connectivity index (χ4v) is 3.64. The molecule has 2 aliphatic heterocycles. The van der Waals surface area contributed by atoms with Gasteiger partial charge >= 0.3 is 0 Å². The first kappa shape index (κ1) is 13.5. The van der Waals surface area contributed by atoms with Crippen molar-refractivity contribution in [1.82, 2.24) is 14.9 Å². The van der Waals surface area contributed by atoms with Gasteiger partial charge in [0.2, 0.25) is 5.91 Å². The van der Waals surface area contributed by atoms with Crippen molar-refractivity contribution < 1.29 is 9.21 Å². The van der Waals surface area contributed by atoms with Gasteiger partial charge in [-0.1, -0.05) is 0 Å². The van der Waals surface area contributed by atoms with E-state index in [2.05, 4.69) is 14.9 Å². The van der Waals surface area contributed by atoms with Crippen LogP contribution in [0, 0.1) is 5.41 Å². The average molecular weight is 298 g/mol. The largest absolute Gasteiger partial charge is 0.472 e. The van der Waals surface area contributed by atoms with Gasteiger partial charge in [-0.3, -0.25) is 9.69 Å². The second kappa shape index (κ2) is 5.21. The lowest BCUT2D eigenvalue weighted by Gasteiger charge is -2.23. The molecule has 0 saturated carbocycles. The molecule has 2 saturated heterocycles. The highest BCUT2D eigenvalue weighted by Crippen LogP contribution is 2.41. The number of amides is 1. The minimum absolute atomic E-state index is 0.0661. The summed E-state index contributed by atoms with van der Waals surface area (Å²) >= 11 is 0. The van der Waals surface area contributed by atoms with Crippen LogP contribution in [-0.4, -0.2) is 40.4 Å². The Hall–Kier alpha value is -2.21. The summed E-state index contributed by atoms with van der Waals surface area (Å²) in [5.41, 5.74) is 2.06. The molecule has 0 radical (unpaired) electrons. The van der Waals surface area contributed by atoms with Crippen LogP contribution >= 0.6 is 0 Å². The molecule has 2 aromatic rings. The summed E-state index contributed by atoms with van der Waals surface area (Å²) in [7, 11) is 0. The predicted octanol–water partition coefficient (Wildman–Crippen LogP) is 1.70. The highest BCUT2D eigenvalue weighted by atomic mass is 16.3. The Balaban J connectivity index is 1.46. The molecule has 0 bridgehead atoms. The van der Waals surface area contributed by atoms with E-state index in [1.54, 1.807) is 24.9 Å². The third-order valence-electron chi connectivity index (χ3n) is 4.68. The smallest absolute Gasteiger partial charge is 0.227 e. The molecule has 1 amide bonds. The maximum Gasteiger partial charge on any atom is 0.227 e. The molecule has 2 fully saturated rings.